The van der Waals surface area contributed by atoms with Crippen LogP contribution in [0.25, 0.3) is 0 Å². The van der Waals surface area contributed by atoms with Gasteiger partial charge in [-0.2, -0.15) is 0 Å². The molecule has 0 saturated heterocycles. The summed E-state index contributed by atoms with van der Waals surface area (Å²) in [5.74, 6) is 0.804. The van der Waals surface area contributed by atoms with Crippen LogP contribution in [0.1, 0.15) is 82.3 Å². The fourth-order valence-electron chi connectivity index (χ4n) is 4.89. The molecule has 2 aromatic heterocycles. The summed E-state index contributed by atoms with van der Waals surface area (Å²) in [6, 6.07) is 4.64. The zero-order valence-electron chi connectivity index (χ0n) is 19.4. The second-order valence-corrected chi connectivity index (χ2v) is 11.0. The summed E-state index contributed by atoms with van der Waals surface area (Å²) in [6.45, 7) is 10.8. The second-order valence-electron chi connectivity index (χ2n) is 10.2. The number of thiazole rings is 1. The summed E-state index contributed by atoms with van der Waals surface area (Å²) in [7, 11) is 0. The number of carbonyl (C=O) groups excluding carboxylic acids is 1. The maximum absolute atomic E-state index is 13.5. The van der Waals surface area contributed by atoms with E-state index in [2.05, 4.69) is 47.9 Å². The van der Waals surface area contributed by atoms with Crippen molar-refractivity contribution < 1.29 is 4.79 Å². The Balaban J connectivity index is 1.52. The summed E-state index contributed by atoms with van der Waals surface area (Å²) in [5, 5.41) is 3.25. The first kappa shape index (κ1) is 22.3. The van der Waals surface area contributed by atoms with Crippen LogP contribution < -0.4 is 4.90 Å². The largest absolute Gasteiger partial charge is 0.345 e. The van der Waals surface area contributed by atoms with Gasteiger partial charge in [0, 0.05) is 36.4 Å². The molecule has 31 heavy (non-hydrogen) atoms. The van der Waals surface area contributed by atoms with Gasteiger partial charge in [-0.05, 0) is 68.9 Å². The zero-order valence-corrected chi connectivity index (χ0v) is 20.2. The van der Waals surface area contributed by atoms with Crippen LogP contribution in [0.2, 0.25) is 0 Å². The molecule has 2 heterocycles. The number of hydrogen-bond donors (Lipinski definition) is 0. The maximum atomic E-state index is 13.5. The third kappa shape index (κ3) is 5.28. The highest BCUT2D eigenvalue weighted by Crippen LogP contribution is 2.40. The Morgan fingerprint density at radius 3 is 2.42 bits per heavy atom. The summed E-state index contributed by atoms with van der Waals surface area (Å²) in [4.78, 5) is 27.1. The molecule has 2 fully saturated rings. The average Bonchev–Trinajstić information content (AvgIpc) is 3.50. The van der Waals surface area contributed by atoms with Crippen LogP contribution in [0.4, 0.5) is 5.13 Å². The molecule has 4 rings (SSSR count). The van der Waals surface area contributed by atoms with Crippen molar-refractivity contribution in [3.05, 3.63) is 41.2 Å². The van der Waals surface area contributed by atoms with Crippen molar-refractivity contribution in [3.63, 3.8) is 0 Å². The fraction of sp³-hybridized carbons (Fsp3) is 0.640. The lowest BCUT2D eigenvalue weighted by atomic mass is 9.71. The average molecular weight is 441 g/mol. The number of hydrogen-bond acceptors (Lipinski definition) is 5. The monoisotopic (exact) mass is 440 g/mol. The van der Waals surface area contributed by atoms with E-state index < -0.39 is 0 Å². The molecule has 168 valence electrons. The predicted molar refractivity (Wildman–Crippen MR) is 127 cm³/mol. The first-order chi connectivity index (χ1) is 14.9. The van der Waals surface area contributed by atoms with Gasteiger partial charge in [-0.1, -0.05) is 20.8 Å². The van der Waals surface area contributed by atoms with Crippen LogP contribution in [0.3, 0.4) is 0 Å². The number of aromatic nitrogens is 2. The summed E-state index contributed by atoms with van der Waals surface area (Å²) >= 11 is 1.71. The van der Waals surface area contributed by atoms with Gasteiger partial charge >= 0.3 is 0 Å². The first-order valence-corrected chi connectivity index (χ1v) is 12.7. The third-order valence-corrected chi connectivity index (χ3v) is 7.90. The molecule has 0 radical (unpaired) electrons. The molecule has 6 heteroatoms. The highest BCUT2D eigenvalue weighted by Gasteiger charge is 2.35. The summed E-state index contributed by atoms with van der Waals surface area (Å²) in [5.41, 5.74) is 2.01. The normalized spacial score (nSPS) is 21.7. The van der Waals surface area contributed by atoms with Crippen molar-refractivity contribution in [2.45, 2.75) is 84.8 Å². The molecule has 0 spiro atoms. The van der Waals surface area contributed by atoms with Crippen molar-refractivity contribution in [1.29, 1.82) is 0 Å². The van der Waals surface area contributed by atoms with Gasteiger partial charge in [-0.15, -0.1) is 11.3 Å². The minimum Gasteiger partial charge on any atom is -0.345 e. The number of rotatable bonds is 7. The molecule has 5 nitrogen and oxygen atoms in total. The Kier molecular flexibility index (Phi) is 6.65. The second kappa shape index (κ2) is 9.27. The molecule has 0 N–H and O–H groups in total. The van der Waals surface area contributed by atoms with Crippen LogP contribution in [-0.2, 0) is 6.54 Å². The number of anilines is 1. The Hall–Kier alpha value is -1.95. The smallest absolute Gasteiger partial charge is 0.256 e. The zero-order chi connectivity index (χ0) is 22.0. The van der Waals surface area contributed by atoms with Crippen molar-refractivity contribution in [3.8, 4) is 0 Å². The van der Waals surface area contributed by atoms with Gasteiger partial charge in [0.1, 0.15) is 0 Å². The van der Waals surface area contributed by atoms with E-state index in [-0.39, 0.29) is 11.9 Å². The SMILES string of the molecule is CCN(c1nc(CN(C(=O)c2cccnc2)C2CCC(C(C)(C)C)CC2)cs1)C1CC1. The van der Waals surface area contributed by atoms with Crippen molar-refractivity contribution in [2.24, 2.45) is 11.3 Å². The lowest BCUT2D eigenvalue weighted by Gasteiger charge is -2.41. The molecule has 1 amide bonds. The van der Waals surface area contributed by atoms with E-state index in [0.29, 0.717) is 23.6 Å². The molecule has 2 aliphatic rings. The number of pyridine rings is 1. The minimum absolute atomic E-state index is 0.0800. The molecule has 0 bridgehead atoms. The molecule has 2 aliphatic carbocycles. The highest BCUT2D eigenvalue weighted by molar-refractivity contribution is 7.13. The van der Waals surface area contributed by atoms with Gasteiger partial charge in [0.25, 0.3) is 5.91 Å². The van der Waals surface area contributed by atoms with Gasteiger partial charge in [0.15, 0.2) is 5.13 Å². The van der Waals surface area contributed by atoms with E-state index in [1.54, 1.807) is 23.7 Å². The molecule has 2 aromatic rings. The van der Waals surface area contributed by atoms with Crippen LogP contribution in [0, 0.1) is 11.3 Å². The Morgan fingerprint density at radius 1 is 1.13 bits per heavy atom. The highest BCUT2D eigenvalue weighted by atomic mass is 32.1. The fourth-order valence-corrected chi connectivity index (χ4v) is 5.84. The van der Waals surface area contributed by atoms with Gasteiger partial charge in [0.05, 0.1) is 17.8 Å². The molecule has 0 aromatic carbocycles. The van der Waals surface area contributed by atoms with Crippen LogP contribution in [0.5, 0.6) is 0 Å². The van der Waals surface area contributed by atoms with Gasteiger partial charge in [0.2, 0.25) is 0 Å². The Bertz CT molecular complexity index is 863. The maximum Gasteiger partial charge on any atom is 0.256 e. The molecule has 0 unspecified atom stereocenters. The van der Waals surface area contributed by atoms with Crippen molar-refractivity contribution >= 4 is 22.4 Å². The van der Waals surface area contributed by atoms with Gasteiger partial charge in [-0.3, -0.25) is 9.78 Å². The van der Waals surface area contributed by atoms with E-state index in [9.17, 15) is 4.79 Å². The molecular formula is C25H36N4OS. The quantitative estimate of drug-likeness (QED) is 0.548. The summed E-state index contributed by atoms with van der Waals surface area (Å²) < 4.78 is 0. The number of carbonyl (C=O) groups is 1. The molecule has 0 aliphatic heterocycles. The minimum atomic E-state index is 0.0800. The lowest BCUT2D eigenvalue weighted by Crippen LogP contribution is -2.43. The van der Waals surface area contributed by atoms with E-state index in [0.717, 1.165) is 36.1 Å². The van der Waals surface area contributed by atoms with E-state index >= 15 is 0 Å². The predicted octanol–water partition coefficient (Wildman–Crippen LogP) is 5.77. The molecule has 0 atom stereocenters. The Morgan fingerprint density at radius 2 is 1.84 bits per heavy atom. The van der Waals surface area contributed by atoms with Crippen LogP contribution in [0.15, 0.2) is 29.9 Å². The van der Waals surface area contributed by atoms with Crippen molar-refractivity contribution in [2.75, 3.05) is 11.4 Å². The first-order valence-electron chi connectivity index (χ1n) is 11.8. The van der Waals surface area contributed by atoms with E-state index in [4.69, 9.17) is 4.98 Å². The third-order valence-electron chi connectivity index (χ3n) is 6.98. The Labute approximate surface area is 190 Å². The van der Waals surface area contributed by atoms with E-state index in [1.807, 2.05) is 12.1 Å². The summed E-state index contributed by atoms with van der Waals surface area (Å²) in [6.07, 6.45) is 10.4. The standard InChI is InChI=1S/C25H36N4OS/c1-5-28(21-12-13-21)24-27-20(17-31-24)16-29(23(30)18-7-6-14-26-15-18)22-10-8-19(9-11-22)25(2,3)4/h6-7,14-15,17,19,21-22H,5,8-13,16H2,1-4H3. The van der Waals surface area contributed by atoms with Gasteiger partial charge in [-0.25, -0.2) is 4.98 Å². The lowest BCUT2D eigenvalue weighted by molar-refractivity contribution is 0.0527. The van der Waals surface area contributed by atoms with Crippen LogP contribution >= 0.6 is 11.3 Å². The van der Waals surface area contributed by atoms with Crippen LogP contribution in [-0.4, -0.2) is 39.4 Å². The molecular weight excluding hydrogens is 404 g/mol. The number of amides is 1. The molecule has 2 saturated carbocycles. The number of nitrogens with zero attached hydrogens (tertiary/aromatic N) is 4. The topological polar surface area (TPSA) is 49.3 Å². The van der Waals surface area contributed by atoms with Gasteiger partial charge < -0.3 is 9.80 Å². The van der Waals surface area contributed by atoms with E-state index in [1.165, 1.54) is 25.7 Å². The van der Waals surface area contributed by atoms with Crippen molar-refractivity contribution in [1.82, 2.24) is 14.9 Å².